The molecule has 162 valence electrons. The van der Waals surface area contributed by atoms with Crippen molar-refractivity contribution in [1.82, 2.24) is 0 Å². The van der Waals surface area contributed by atoms with Crippen LogP contribution in [0.2, 0.25) is 0 Å². The van der Waals surface area contributed by atoms with E-state index in [2.05, 4.69) is 0 Å². The van der Waals surface area contributed by atoms with E-state index in [-0.39, 0.29) is 0 Å². The lowest BCUT2D eigenvalue weighted by Crippen LogP contribution is -2.61. The van der Waals surface area contributed by atoms with Crippen LogP contribution in [0.25, 0.3) is 0 Å². The first-order valence-electron chi connectivity index (χ1n) is 10.0. The van der Waals surface area contributed by atoms with Gasteiger partial charge in [-0.2, -0.15) is 0 Å². The molecule has 0 heterocycles. The molecule has 7 nitrogen and oxygen atoms in total. The second-order valence-electron chi connectivity index (χ2n) is 5.63. The van der Waals surface area contributed by atoms with E-state index in [1.807, 2.05) is 59.7 Å². The maximum Gasteiger partial charge on any atom is 0.541 e. The van der Waals surface area contributed by atoms with E-state index in [1.165, 1.54) is 0 Å². The molecule has 0 atom stereocenters. The molecule has 1 rings (SSSR count). The van der Waals surface area contributed by atoms with E-state index in [1.54, 1.807) is 7.11 Å². The van der Waals surface area contributed by atoms with Crippen LogP contribution in [0.15, 0.2) is 18.2 Å². The Kier molecular flexibility index (Phi) is 11.5. The zero-order valence-corrected chi connectivity index (χ0v) is 20.3. The van der Waals surface area contributed by atoms with Crippen molar-refractivity contribution in [2.24, 2.45) is 0 Å². The first kappa shape index (κ1) is 25.3. The molecule has 0 aromatic heterocycles. The minimum absolute atomic E-state index is 0.463. The fourth-order valence-electron chi connectivity index (χ4n) is 3.01. The molecule has 0 aliphatic rings. The van der Waals surface area contributed by atoms with Crippen molar-refractivity contribution in [3.05, 3.63) is 18.2 Å². The Hall–Kier alpha value is -0.786. The summed E-state index contributed by atoms with van der Waals surface area (Å²) in [5.74, 6) is 0.651. The quantitative estimate of drug-likeness (QED) is 0.394. The molecule has 0 aliphatic carbocycles. The van der Waals surface area contributed by atoms with Gasteiger partial charge < -0.3 is 31.3 Å². The number of hydrogen-bond donors (Lipinski definition) is 0. The van der Waals surface area contributed by atoms with Gasteiger partial charge in [0.05, 0.1) is 12.3 Å². The smallest absolute Gasteiger partial charge is 0.497 e. The molecule has 0 spiro atoms. The molecule has 0 bridgehead atoms. The monoisotopic (exact) mass is 432 g/mol. The van der Waals surface area contributed by atoms with Gasteiger partial charge in [0.15, 0.2) is 0 Å². The zero-order chi connectivity index (χ0) is 21.0. The van der Waals surface area contributed by atoms with Crippen molar-refractivity contribution >= 4 is 28.0 Å². The molecule has 0 radical (unpaired) electrons. The van der Waals surface area contributed by atoms with Gasteiger partial charge in [0.1, 0.15) is 5.75 Å². The van der Waals surface area contributed by atoms with Crippen molar-refractivity contribution in [1.29, 1.82) is 0 Å². The number of rotatable bonds is 15. The molecule has 0 saturated heterocycles. The van der Waals surface area contributed by atoms with Crippen LogP contribution in [0.1, 0.15) is 41.5 Å². The fraction of sp³-hybridized carbons (Fsp3) is 0.684. The molecule has 9 heteroatoms. The summed E-state index contributed by atoms with van der Waals surface area (Å²) in [6.45, 7) is 14.4. The maximum atomic E-state index is 6.09. The van der Waals surface area contributed by atoms with Gasteiger partial charge in [-0.05, 0) is 53.7 Å². The molecular formula is C19H36O7Si2. The molecule has 1 aromatic rings. The predicted octanol–water partition coefficient (Wildman–Crippen LogP) is 2.21. The maximum absolute atomic E-state index is 6.09. The molecule has 28 heavy (non-hydrogen) atoms. The molecule has 0 saturated carbocycles. The van der Waals surface area contributed by atoms with Gasteiger partial charge in [-0.1, -0.05) is 6.07 Å². The third-order valence-electron chi connectivity index (χ3n) is 3.89. The van der Waals surface area contributed by atoms with E-state index < -0.39 is 17.6 Å². The highest BCUT2D eigenvalue weighted by Crippen LogP contribution is 2.20. The van der Waals surface area contributed by atoms with Crippen molar-refractivity contribution in [2.75, 3.05) is 46.8 Å². The third kappa shape index (κ3) is 5.86. The standard InChI is InChI=1S/C19H36O7Si2/c1-8-21-27(22-9-2,23-10-3)17-14-15-18(20-7)19(16-17)28(24-11-4,25-12-5)26-13-6/h14-16H,8-13H2,1-7H3. The molecule has 0 amide bonds. The SMILES string of the molecule is CCO[Si](OCC)(OCC)c1ccc(OC)c([Si](OCC)(OCC)OCC)c1. The van der Waals surface area contributed by atoms with Crippen molar-refractivity contribution in [3.8, 4) is 5.75 Å². The predicted molar refractivity (Wildman–Crippen MR) is 114 cm³/mol. The molecule has 0 fully saturated rings. The second kappa shape index (κ2) is 12.7. The average Bonchev–Trinajstić information content (AvgIpc) is 2.68. The van der Waals surface area contributed by atoms with Crippen LogP contribution in [0.5, 0.6) is 5.75 Å². The van der Waals surface area contributed by atoms with Gasteiger partial charge >= 0.3 is 17.6 Å². The number of hydrogen-bond acceptors (Lipinski definition) is 7. The van der Waals surface area contributed by atoms with Crippen molar-refractivity contribution in [3.63, 3.8) is 0 Å². The van der Waals surface area contributed by atoms with Gasteiger partial charge in [0.25, 0.3) is 0 Å². The zero-order valence-electron chi connectivity index (χ0n) is 18.3. The Balaban J connectivity index is 3.65. The summed E-state index contributed by atoms with van der Waals surface area (Å²) in [7, 11) is -4.65. The minimum atomic E-state index is -3.19. The van der Waals surface area contributed by atoms with Crippen LogP contribution in [0.4, 0.5) is 0 Å². The van der Waals surface area contributed by atoms with E-state index in [0.717, 1.165) is 10.4 Å². The van der Waals surface area contributed by atoms with Crippen LogP contribution < -0.4 is 15.1 Å². The van der Waals surface area contributed by atoms with Crippen LogP contribution in [0, 0.1) is 0 Å². The van der Waals surface area contributed by atoms with Gasteiger partial charge in [-0.3, -0.25) is 0 Å². The van der Waals surface area contributed by atoms with Gasteiger partial charge in [-0.25, -0.2) is 0 Å². The second-order valence-corrected chi connectivity index (χ2v) is 10.7. The summed E-state index contributed by atoms with van der Waals surface area (Å²) in [6, 6.07) is 5.76. The van der Waals surface area contributed by atoms with Gasteiger partial charge in [-0.15, -0.1) is 0 Å². The van der Waals surface area contributed by atoms with E-state index in [0.29, 0.717) is 45.4 Å². The van der Waals surface area contributed by atoms with Crippen LogP contribution in [0.3, 0.4) is 0 Å². The Bertz CT molecular complexity index is 537. The first-order valence-corrected chi connectivity index (χ1v) is 13.5. The Morgan fingerprint density at radius 2 is 1.00 bits per heavy atom. The molecule has 0 unspecified atom stereocenters. The Labute approximate surface area is 171 Å². The third-order valence-corrected chi connectivity index (χ3v) is 9.97. The normalized spacial score (nSPS) is 12.4. The van der Waals surface area contributed by atoms with Crippen LogP contribution >= 0.6 is 0 Å². The van der Waals surface area contributed by atoms with Crippen molar-refractivity contribution < 1.29 is 31.3 Å². The summed E-state index contributed by atoms with van der Waals surface area (Å²) in [4.78, 5) is 0. The Morgan fingerprint density at radius 1 is 0.607 bits per heavy atom. The largest absolute Gasteiger partial charge is 0.541 e. The highest BCUT2D eigenvalue weighted by Gasteiger charge is 2.49. The average molecular weight is 433 g/mol. The molecular weight excluding hydrogens is 396 g/mol. The minimum Gasteiger partial charge on any atom is -0.497 e. The molecule has 0 aliphatic heterocycles. The molecule has 0 N–H and O–H groups in total. The lowest BCUT2D eigenvalue weighted by molar-refractivity contribution is 0.0849. The lowest BCUT2D eigenvalue weighted by atomic mass is 10.3. The van der Waals surface area contributed by atoms with Gasteiger partial charge in [0, 0.05) is 44.8 Å². The van der Waals surface area contributed by atoms with E-state index in [4.69, 9.17) is 31.3 Å². The number of methoxy groups -OCH3 is 1. The summed E-state index contributed by atoms with van der Waals surface area (Å²) in [6.07, 6.45) is 0. The van der Waals surface area contributed by atoms with Gasteiger partial charge in [0.2, 0.25) is 0 Å². The number of benzene rings is 1. The number of ether oxygens (including phenoxy) is 1. The highest BCUT2D eigenvalue weighted by molar-refractivity contribution is 6.79. The summed E-state index contributed by atoms with van der Waals surface area (Å²) >= 11 is 0. The van der Waals surface area contributed by atoms with Crippen LogP contribution in [-0.2, 0) is 26.6 Å². The first-order chi connectivity index (χ1) is 13.5. The van der Waals surface area contributed by atoms with Crippen molar-refractivity contribution in [2.45, 2.75) is 41.5 Å². The van der Waals surface area contributed by atoms with Crippen LogP contribution in [-0.4, -0.2) is 64.4 Å². The summed E-state index contributed by atoms with van der Waals surface area (Å²) in [5, 5.41) is 1.60. The fourth-order valence-corrected chi connectivity index (χ4v) is 8.33. The van der Waals surface area contributed by atoms with E-state index >= 15 is 0 Å². The summed E-state index contributed by atoms with van der Waals surface area (Å²) in [5.41, 5.74) is 0. The molecule has 1 aromatic carbocycles. The Morgan fingerprint density at radius 3 is 1.36 bits per heavy atom. The lowest BCUT2D eigenvalue weighted by Gasteiger charge is -2.32. The van der Waals surface area contributed by atoms with E-state index in [9.17, 15) is 0 Å². The summed E-state index contributed by atoms with van der Waals surface area (Å²) < 4.78 is 42.1. The highest BCUT2D eigenvalue weighted by atomic mass is 28.4. The topological polar surface area (TPSA) is 64.6 Å².